The molecular formula is C17H16N2O4S. The lowest BCUT2D eigenvalue weighted by Gasteiger charge is -2.34. The predicted octanol–water partition coefficient (Wildman–Crippen LogP) is 1.88. The number of hydrogen-bond acceptors (Lipinski definition) is 5. The van der Waals surface area contributed by atoms with Gasteiger partial charge in [-0.2, -0.15) is 4.31 Å². The van der Waals surface area contributed by atoms with Crippen molar-refractivity contribution in [2.45, 2.75) is 23.3 Å². The molecule has 1 unspecified atom stereocenters. The van der Waals surface area contributed by atoms with E-state index in [2.05, 4.69) is 4.98 Å². The van der Waals surface area contributed by atoms with E-state index in [4.69, 9.17) is 4.74 Å². The number of sulfonamides is 1. The fourth-order valence-corrected chi connectivity index (χ4v) is 4.81. The van der Waals surface area contributed by atoms with Gasteiger partial charge < -0.3 is 4.74 Å². The maximum absolute atomic E-state index is 12.7. The molecule has 2 aliphatic heterocycles. The third kappa shape index (κ3) is 2.40. The first-order valence-corrected chi connectivity index (χ1v) is 9.16. The Morgan fingerprint density at radius 1 is 1.17 bits per heavy atom. The molecule has 2 aliphatic rings. The zero-order valence-corrected chi connectivity index (χ0v) is 13.7. The molecule has 0 N–H and O–H groups in total. The number of benzene rings is 1. The standard InChI is InChI=1S/C17H16N2O4S/c20-15-10-17(23-16-6-2-1-5-14(15)16)7-9-19(12-17)24(21,22)13-4-3-8-18-11-13/h1-6,8,11H,7,9-10,12H2. The van der Waals surface area contributed by atoms with Crippen LogP contribution in [-0.4, -0.2) is 42.2 Å². The van der Waals surface area contributed by atoms with Crippen LogP contribution < -0.4 is 4.74 Å². The van der Waals surface area contributed by atoms with Crippen LogP contribution in [0.2, 0.25) is 0 Å². The van der Waals surface area contributed by atoms with Gasteiger partial charge in [0.25, 0.3) is 0 Å². The Morgan fingerprint density at radius 2 is 2.00 bits per heavy atom. The number of carbonyl (C=O) groups excluding carboxylic acids is 1. The van der Waals surface area contributed by atoms with Crippen LogP contribution in [0.15, 0.2) is 53.7 Å². The van der Waals surface area contributed by atoms with Crippen molar-refractivity contribution in [2.24, 2.45) is 0 Å². The Balaban J connectivity index is 1.63. The van der Waals surface area contributed by atoms with Crippen molar-refractivity contribution in [3.63, 3.8) is 0 Å². The summed E-state index contributed by atoms with van der Waals surface area (Å²) in [5.74, 6) is 0.534. The highest BCUT2D eigenvalue weighted by Gasteiger charge is 2.48. The smallest absolute Gasteiger partial charge is 0.244 e. The van der Waals surface area contributed by atoms with Gasteiger partial charge in [0.05, 0.1) is 18.5 Å². The molecule has 1 fully saturated rings. The largest absolute Gasteiger partial charge is 0.485 e. The molecule has 1 aromatic carbocycles. The van der Waals surface area contributed by atoms with Crippen LogP contribution >= 0.6 is 0 Å². The van der Waals surface area contributed by atoms with Crippen LogP contribution in [0.4, 0.5) is 0 Å². The van der Waals surface area contributed by atoms with E-state index < -0.39 is 15.6 Å². The van der Waals surface area contributed by atoms with Crippen molar-refractivity contribution in [1.29, 1.82) is 0 Å². The summed E-state index contributed by atoms with van der Waals surface area (Å²) in [5.41, 5.74) is -0.211. The van der Waals surface area contributed by atoms with E-state index >= 15 is 0 Å². The first-order valence-electron chi connectivity index (χ1n) is 7.72. The molecule has 0 bridgehead atoms. The van der Waals surface area contributed by atoms with Crippen LogP contribution in [0.3, 0.4) is 0 Å². The SMILES string of the molecule is O=C1CC2(CCN(S(=O)(=O)c3cccnc3)C2)Oc2ccccc21. The summed E-state index contributed by atoms with van der Waals surface area (Å²) in [4.78, 5) is 16.4. The minimum absolute atomic E-state index is 0.00234. The van der Waals surface area contributed by atoms with Crippen LogP contribution in [-0.2, 0) is 10.0 Å². The van der Waals surface area contributed by atoms with Gasteiger partial charge in [-0.3, -0.25) is 9.78 Å². The number of para-hydroxylation sites is 1. The molecule has 0 radical (unpaired) electrons. The predicted molar refractivity (Wildman–Crippen MR) is 86.4 cm³/mol. The highest BCUT2D eigenvalue weighted by molar-refractivity contribution is 7.89. The summed E-state index contributed by atoms with van der Waals surface area (Å²) < 4.78 is 32.9. The van der Waals surface area contributed by atoms with E-state index in [1.165, 1.54) is 22.8 Å². The maximum atomic E-state index is 12.7. The van der Waals surface area contributed by atoms with E-state index in [1.54, 1.807) is 24.3 Å². The summed E-state index contributed by atoms with van der Waals surface area (Å²) in [6.07, 6.45) is 3.56. The monoisotopic (exact) mass is 344 g/mol. The number of carbonyl (C=O) groups is 1. The fourth-order valence-electron chi connectivity index (χ4n) is 3.33. The lowest BCUT2D eigenvalue weighted by Crippen LogP contribution is -2.45. The van der Waals surface area contributed by atoms with Gasteiger partial charge in [0.15, 0.2) is 5.78 Å². The van der Waals surface area contributed by atoms with Crippen molar-refractivity contribution in [2.75, 3.05) is 13.1 Å². The Labute approximate surface area is 140 Å². The van der Waals surface area contributed by atoms with Crippen LogP contribution in [0, 0.1) is 0 Å². The second-order valence-electron chi connectivity index (χ2n) is 6.16. The molecule has 1 aromatic heterocycles. The fraction of sp³-hybridized carbons (Fsp3) is 0.294. The molecule has 124 valence electrons. The minimum Gasteiger partial charge on any atom is -0.485 e. The van der Waals surface area contributed by atoms with E-state index in [0.29, 0.717) is 24.3 Å². The van der Waals surface area contributed by atoms with Gasteiger partial charge in [-0.05, 0) is 24.3 Å². The van der Waals surface area contributed by atoms with Crippen LogP contribution in [0.1, 0.15) is 23.2 Å². The van der Waals surface area contributed by atoms with Gasteiger partial charge in [0.1, 0.15) is 16.2 Å². The molecule has 1 atom stereocenters. The Morgan fingerprint density at radius 3 is 2.79 bits per heavy atom. The number of rotatable bonds is 2. The molecule has 0 aliphatic carbocycles. The second kappa shape index (κ2) is 5.39. The van der Waals surface area contributed by atoms with Crippen molar-refractivity contribution >= 4 is 15.8 Å². The molecule has 1 spiro atoms. The van der Waals surface area contributed by atoms with Crippen LogP contribution in [0.25, 0.3) is 0 Å². The normalized spacial score (nSPS) is 23.9. The zero-order valence-electron chi connectivity index (χ0n) is 12.9. The number of fused-ring (bicyclic) bond motifs is 1. The van der Waals surface area contributed by atoms with Gasteiger partial charge in [-0.25, -0.2) is 8.42 Å². The van der Waals surface area contributed by atoms with Crippen molar-refractivity contribution in [3.8, 4) is 5.75 Å². The first-order chi connectivity index (χ1) is 11.5. The van der Waals surface area contributed by atoms with Crippen molar-refractivity contribution < 1.29 is 17.9 Å². The van der Waals surface area contributed by atoms with E-state index in [-0.39, 0.29) is 23.6 Å². The van der Waals surface area contributed by atoms with Gasteiger partial charge in [-0.15, -0.1) is 0 Å². The average molecular weight is 344 g/mol. The molecule has 0 amide bonds. The Bertz CT molecular complexity index is 898. The third-order valence-corrected chi connectivity index (χ3v) is 6.38. The lowest BCUT2D eigenvalue weighted by atomic mass is 9.89. The number of nitrogens with zero attached hydrogens (tertiary/aromatic N) is 2. The number of aromatic nitrogens is 1. The lowest BCUT2D eigenvalue weighted by molar-refractivity contribution is 0.0498. The zero-order chi connectivity index (χ0) is 16.8. The summed E-state index contributed by atoms with van der Waals surface area (Å²) in [6.45, 7) is 0.497. The Hall–Kier alpha value is -2.25. The number of pyridine rings is 1. The quantitative estimate of drug-likeness (QED) is 0.831. The molecule has 0 saturated carbocycles. The molecule has 4 rings (SSSR count). The minimum atomic E-state index is -3.63. The van der Waals surface area contributed by atoms with Crippen LogP contribution in [0.5, 0.6) is 5.75 Å². The molecule has 1 saturated heterocycles. The highest BCUT2D eigenvalue weighted by Crippen LogP contribution is 2.39. The molecule has 24 heavy (non-hydrogen) atoms. The summed E-state index contributed by atoms with van der Waals surface area (Å²) in [6, 6.07) is 10.2. The molecule has 3 heterocycles. The third-order valence-electron chi connectivity index (χ3n) is 4.55. The van der Waals surface area contributed by atoms with Gasteiger partial charge in [0.2, 0.25) is 10.0 Å². The summed E-state index contributed by atoms with van der Waals surface area (Å²) in [5, 5.41) is 0. The topological polar surface area (TPSA) is 76.6 Å². The van der Waals surface area contributed by atoms with Gasteiger partial charge >= 0.3 is 0 Å². The van der Waals surface area contributed by atoms with Crippen molar-refractivity contribution in [3.05, 3.63) is 54.4 Å². The van der Waals surface area contributed by atoms with E-state index in [0.717, 1.165) is 0 Å². The average Bonchev–Trinajstić information content (AvgIpc) is 2.99. The molecular weight excluding hydrogens is 328 g/mol. The molecule has 2 aromatic rings. The molecule has 7 heteroatoms. The van der Waals surface area contributed by atoms with Gasteiger partial charge in [0, 0.05) is 25.4 Å². The Kier molecular flexibility index (Phi) is 3.43. The number of hydrogen-bond donors (Lipinski definition) is 0. The summed E-state index contributed by atoms with van der Waals surface area (Å²) in [7, 11) is -3.63. The molecule has 6 nitrogen and oxygen atoms in total. The number of Topliss-reactive ketones (excluding diaryl/α,β-unsaturated/α-hetero) is 1. The first kappa shape index (κ1) is 15.3. The second-order valence-corrected chi connectivity index (χ2v) is 8.10. The highest BCUT2D eigenvalue weighted by atomic mass is 32.2. The van der Waals surface area contributed by atoms with E-state index in [9.17, 15) is 13.2 Å². The van der Waals surface area contributed by atoms with E-state index in [1.807, 2.05) is 6.07 Å². The summed E-state index contributed by atoms with van der Waals surface area (Å²) >= 11 is 0. The number of ketones is 1. The van der Waals surface area contributed by atoms with Gasteiger partial charge in [-0.1, -0.05) is 12.1 Å². The maximum Gasteiger partial charge on any atom is 0.244 e. The number of ether oxygens (including phenoxy) is 1. The van der Waals surface area contributed by atoms with Crippen molar-refractivity contribution in [1.82, 2.24) is 9.29 Å².